The van der Waals surface area contributed by atoms with Gasteiger partial charge in [0.1, 0.15) is 0 Å². The van der Waals surface area contributed by atoms with Gasteiger partial charge in [0.2, 0.25) is 0 Å². The van der Waals surface area contributed by atoms with Gasteiger partial charge < -0.3 is 9.80 Å². The number of hydrogen-bond donors (Lipinski definition) is 1. The van der Waals surface area contributed by atoms with Crippen molar-refractivity contribution in [1.82, 2.24) is 4.90 Å². The summed E-state index contributed by atoms with van der Waals surface area (Å²) >= 11 is 7.50. The first-order chi connectivity index (χ1) is 34.7. The fourth-order valence-corrected chi connectivity index (χ4v) is 11.6. The highest BCUT2D eigenvalue weighted by atomic mass is 32.1. The fraction of sp³-hybridized carbons (Fsp3) is 0.338. The summed E-state index contributed by atoms with van der Waals surface area (Å²) in [5.41, 5.74) is 17.0. The number of anilines is 3. The number of ketones is 1. The van der Waals surface area contributed by atoms with Crippen LogP contribution in [0.4, 0.5) is 17.1 Å². The molecule has 7 rings (SSSR count). The van der Waals surface area contributed by atoms with Gasteiger partial charge in [-0.25, -0.2) is 0 Å². The third-order valence-corrected chi connectivity index (χ3v) is 16.7. The van der Waals surface area contributed by atoms with Crippen molar-refractivity contribution in [3.63, 3.8) is 0 Å². The van der Waals surface area contributed by atoms with Crippen LogP contribution in [0, 0.1) is 5.92 Å². The van der Waals surface area contributed by atoms with Crippen LogP contribution >= 0.6 is 24.0 Å². The molecule has 0 bridgehead atoms. The minimum Gasteiger partial charge on any atom is -0.346 e. The zero-order valence-electron chi connectivity index (χ0n) is 45.7. The van der Waals surface area contributed by atoms with E-state index in [0.717, 1.165) is 44.5 Å². The molecule has 3 nitrogen and oxygen atoms in total. The molecule has 1 aromatic heterocycles. The van der Waals surface area contributed by atoms with Crippen molar-refractivity contribution in [3.8, 4) is 22.3 Å². The number of likely N-dealkylation sites (N-methyl/N-ethyl adjacent to an activating group) is 1. The van der Waals surface area contributed by atoms with Crippen LogP contribution in [0.5, 0.6) is 0 Å². The van der Waals surface area contributed by atoms with Crippen LogP contribution in [0.2, 0.25) is 0 Å². The largest absolute Gasteiger partial charge is 0.346 e. The molecule has 0 amide bonds. The zero-order valence-corrected chi connectivity index (χ0v) is 47.5. The maximum Gasteiger partial charge on any atom is 0.161 e. The highest BCUT2D eigenvalue weighted by Crippen LogP contribution is 2.57. The van der Waals surface area contributed by atoms with Crippen LogP contribution in [0.25, 0.3) is 40.5 Å². The van der Waals surface area contributed by atoms with E-state index in [-0.39, 0.29) is 21.4 Å². The molecule has 6 aromatic rings. The summed E-state index contributed by atoms with van der Waals surface area (Å²) in [5.74, 6) is 0.348. The Morgan fingerprint density at radius 1 is 0.644 bits per heavy atom. The summed E-state index contributed by atoms with van der Waals surface area (Å²) in [6.45, 7) is 33.0. The Hall–Kier alpha value is -5.88. The van der Waals surface area contributed by atoms with E-state index in [9.17, 15) is 4.79 Å². The van der Waals surface area contributed by atoms with Crippen LogP contribution in [-0.4, -0.2) is 17.2 Å². The van der Waals surface area contributed by atoms with E-state index in [1.54, 1.807) is 18.3 Å². The lowest BCUT2D eigenvalue weighted by atomic mass is 9.78. The van der Waals surface area contributed by atoms with E-state index in [1.165, 1.54) is 83.0 Å². The molecule has 5 heteroatoms. The lowest BCUT2D eigenvalue weighted by Crippen LogP contribution is -2.27. The number of carbonyl (C=O) groups is 1. The fourth-order valence-electron chi connectivity index (χ4n) is 10.3. The zero-order chi connectivity index (χ0) is 52.7. The maximum atomic E-state index is 12.5. The summed E-state index contributed by atoms with van der Waals surface area (Å²) in [5, 5.41) is 0. The molecule has 1 heterocycles. The molecule has 5 aromatic carbocycles. The molecule has 1 unspecified atom stereocenters. The lowest BCUT2D eigenvalue weighted by molar-refractivity contribution is -0.113. The molecule has 2 atom stereocenters. The average molecular weight is 1010 g/mol. The molecule has 73 heavy (non-hydrogen) atoms. The Labute approximate surface area is 449 Å². The van der Waals surface area contributed by atoms with Gasteiger partial charge in [0.25, 0.3) is 0 Å². The lowest BCUT2D eigenvalue weighted by Gasteiger charge is -2.34. The summed E-state index contributed by atoms with van der Waals surface area (Å²) < 4.78 is -0.383. The summed E-state index contributed by atoms with van der Waals surface area (Å²) in [7, 11) is 0. The number of nitrogens with zero attached hydrogens (tertiary/aromatic N) is 2. The summed E-state index contributed by atoms with van der Waals surface area (Å²) in [6.07, 6.45) is 19.1. The van der Waals surface area contributed by atoms with E-state index in [1.807, 2.05) is 37.0 Å². The Morgan fingerprint density at radius 3 is 1.74 bits per heavy atom. The number of fused-ring (bicyclic) bond motifs is 3. The molecular formula is C68H80N2OS2. The number of Topliss-reactive ketones (excluding diaryl/α,β-unsaturated/α-hetero) is 1. The number of thiol groups is 1. The Balaban J connectivity index is 1.15. The third kappa shape index (κ3) is 12.7. The van der Waals surface area contributed by atoms with E-state index >= 15 is 0 Å². The first-order valence-corrected chi connectivity index (χ1v) is 27.9. The average Bonchev–Trinajstić information content (AvgIpc) is 3.92. The maximum absolute atomic E-state index is 12.5. The van der Waals surface area contributed by atoms with E-state index in [2.05, 4.69) is 207 Å². The van der Waals surface area contributed by atoms with Gasteiger partial charge in [-0.3, -0.25) is 4.79 Å². The number of thiophene rings is 1. The van der Waals surface area contributed by atoms with Crippen LogP contribution in [0.15, 0.2) is 164 Å². The predicted molar refractivity (Wildman–Crippen MR) is 324 cm³/mol. The van der Waals surface area contributed by atoms with Crippen molar-refractivity contribution < 1.29 is 4.79 Å². The van der Waals surface area contributed by atoms with Gasteiger partial charge in [0, 0.05) is 50.3 Å². The molecule has 0 fully saturated rings. The van der Waals surface area contributed by atoms with Crippen molar-refractivity contribution in [2.24, 2.45) is 5.92 Å². The van der Waals surface area contributed by atoms with Gasteiger partial charge >= 0.3 is 0 Å². The Morgan fingerprint density at radius 2 is 1.16 bits per heavy atom. The van der Waals surface area contributed by atoms with Crippen LogP contribution in [-0.2, 0) is 20.4 Å². The molecule has 0 spiro atoms. The van der Waals surface area contributed by atoms with Crippen molar-refractivity contribution in [2.45, 2.75) is 137 Å². The Kier molecular flexibility index (Phi) is 17.7. The first-order valence-electron chi connectivity index (χ1n) is 26.7. The minimum absolute atomic E-state index is 0.0223. The van der Waals surface area contributed by atoms with Crippen molar-refractivity contribution in [2.75, 3.05) is 11.4 Å². The smallest absolute Gasteiger partial charge is 0.161 e. The highest BCUT2D eigenvalue weighted by Gasteiger charge is 2.45. The number of rotatable bonds is 21. The molecular weight excluding hydrogens is 925 g/mol. The van der Waals surface area contributed by atoms with Gasteiger partial charge in [0.05, 0.1) is 4.75 Å². The number of unbranched alkanes of at least 4 members (excludes halogenated alkanes) is 5. The second kappa shape index (κ2) is 23.5. The molecule has 0 aliphatic heterocycles. The van der Waals surface area contributed by atoms with Gasteiger partial charge in [-0.2, -0.15) is 12.6 Å². The molecule has 0 radical (unpaired) electrons. The van der Waals surface area contributed by atoms with Crippen LogP contribution in [0.1, 0.15) is 159 Å². The number of carbonyl (C=O) groups excluding carboxylic acids is 1. The monoisotopic (exact) mass is 1000 g/mol. The predicted octanol–water partition coefficient (Wildman–Crippen LogP) is 20.1. The van der Waals surface area contributed by atoms with Gasteiger partial charge in [0.15, 0.2) is 5.78 Å². The topological polar surface area (TPSA) is 23.6 Å². The Bertz CT molecular complexity index is 2990. The second-order valence-corrected chi connectivity index (χ2v) is 24.1. The van der Waals surface area contributed by atoms with E-state index in [0.29, 0.717) is 23.7 Å². The summed E-state index contributed by atoms with van der Waals surface area (Å²) in [6, 6.07) is 45.5. The van der Waals surface area contributed by atoms with Gasteiger partial charge in [-0.15, -0.1) is 11.3 Å². The van der Waals surface area contributed by atoms with E-state index < -0.39 is 0 Å². The van der Waals surface area contributed by atoms with Crippen molar-refractivity contribution >= 4 is 65.0 Å². The standard InChI is InChI=1S/C68H80N2OS2/c1-14-16-17-18-19-20-22-48(5)68(72)64-45-53(30-43-62(64)63-44-33-55(46-65(63)68)67(11,12)13)52-28-36-57(37-29-52)70(58-38-31-54(32-39-58)66(8,9)10)56-34-25-51(26-35-56)27-40-60-42-41-59(73-60)23-21-24-61(50(7)71)49(6)69(15-2)47(3)4/h21,23-46,48,72H,3,6,14-20,22H2,1-2,4-5,7-13H3/b23-21+,40-27+,61-24-/t48-,68?/m1/s1. The van der Waals surface area contributed by atoms with E-state index in [4.69, 9.17) is 12.6 Å². The molecule has 380 valence electrons. The van der Waals surface area contributed by atoms with Crippen molar-refractivity contribution in [1.29, 1.82) is 0 Å². The first kappa shape index (κ1) is 54.9. The van der Waals surface area contributed by atoms with Gasteiger partial charge in [-0.1, -0.05) is 186 Å². The van der Waals surface area contributed by atoms with Crippen molar-refractivity contribution in [3.05, 3.63) is 201 Å². The highest BCUT2D eigenvalue weighted by molar-refractivity contribution is 7.81. The number of benzene rings is 5. The molecule has 0 saturated heterocycles. The molecule has 0 N–H and O–H groups in total. The second-order valence-electron chi connectivity index (χ2n) is 22.3. The van der Waals surface area contributed by atoms with Crippen LogP contribution in [0.3, 0.4) is 0 Å². The molecule has 0 saturated carbocycles. The third-order valence-electron chi connectivity index (χ3n) is 14.7. The minimum atomic E-state index is -0.383. The molecule has 1 aliphatic rings. The summed E-state index contributed by atoms with van der Waals surface area (Å²) in [4.78, 5) is 19.1. The van der Waals surface area contributed by atoms with Gasteiger partial charge in [-0.05, 0) is 167 Å². The molecule has 1 aliphatic carbocycles. The number of allylic oxidation sites excluding steroid dienone is 4. The normalized spacial score (nSPS) is 15.2. The quantitative estimate of drug-likeness (QED) is 0.0336. The number of hydrogen-bond acceptors (Lipinski definition) is 5. The van der Waals surface area contributed by atoms with Crippen LogP contribution < -0.4 is 4.90 Å². The SMILES string of the molecule is C=C(C)N(CC)C(=C)/C(=C/C=C/c1ccc(/C=C/c2ccc(N(c3ccc(-c4ccc5c(c4)C(S)([C@H](C)CCCCCCCC)c4cc(C(C)(C)C)ccc4-5)cc3)c3ccc(C(C)(C)C)cc3)cc2)s1)C(C)=O.